The van der Waals surface area contributed by atoms with Gasteiger partial charge in [0.05, 0.1) is 4.90 Å². The van der Waals surface area contributed by atoms with E-state index in [-0.39, 0.29) is 28.8 Å². The summed E-state index contributed by atoms with van der Waals surface area (Å²) in [6, 6.07) is 5.69. The fourth-order valence-corrected chi connectivity index (χ4v) is 2.27. The lowest BCUT2D eigenvalue weighted by Gasteiger charge is -2.19. The number of nitrogens with two attached hydrogens (primary N) is 1. The predicted octanol–water partition coefficient (Wildman–Crippen LogP) is 0.813. The summed E-state index contributed by atoms with van der Waals surface area (Å²) < 4.78 is 22.9. The van der Waals surface area contributed by atoms with E-state index < -0.39 is 15.7 Å². The van der Waals surface area contributed by atoms with Gasteiger partial charge in [0.1, 0.15) is 0 Å². The summed E-state index contributed by atoms with van der Waals surface area (Å²) in [5, 5.41) is 1.78. The number of hydrazine groups is 1. The van der Waals surface area contributed by atoms with E-state index >= 15 is 0 Å². The third-order valence-corrected chi connectivity index (χ3v) is 3.88. The number of halogens is 1. The van der Waals surface area contributed by atoms with Gasteiger partial charge in [-0.25, -0.2) is 13.4 Å². The van der Waals surface area contributed by atoms with Crippen LogP contribution in [0.2, 0.25) is 0 Å². The van der Waals surface area contributed by atoms with Crippen LogP contribution >= 0.6 is 12.4 Å². The second-order valence-electron chi connectivity index (χ2n) is 4.39. The molecule has 9 heteroatoms. The number of hydrogen-bond acceptors (Lipinski definition) is 4. The van der Waals surface area contributed by atoms with E-state index in [1.165, 1.54) is 24.3 Å². The van der Waals surface area contributed by atoms with Crippen molar-refractivity contribution in [2.24, 2.45) is 10.7 Å². The molecule has 1 aromatic carbocycles. The number of sulfone groups is 1. The van der Waals surface area contributed by atoms with Crippen LogP contribution in [0.4, 0.5) is 0 Å². The van der Waals surface area contributed by atoms with E-state index in [4.69, 9.17) is 5.73 Å². The lowest BCUT2D eigenvalue weighted by atomic mass is 10.2. The van der Waals surface area contributed by atoms with Crippen molar-refractivity contribution in [2.75, 3.05) is 19.3 Å². The third kappa shape index (κ3) is 6.00. The van der Waals surface area contributed by atoms with E-state index in [0.29, 0.717) is 13.1 Å². The summed E-state index contributed by atoms with van der Waals surface area (Å²) in [6.07, 6.45) is 1.08. The van der Waals surface area contributed by atoms with Gasteiger partial charge in [-0.1, -0.05) is 19.9 Å². The van der Waals surface area contributed by atoms with Crippen molar-refractivity contribution in [3.8, 4) is 0 Å². The van der Waals surface area contributed by atoms with Gasteiger partial charge in [-0.2, -0.15) is 4.99 Å². The van der Waals surface area contributed by atoms with Gasteiger partial charge in [0, 0.05) is 24.9 Å². The van der Waals surface area contributed by atoms with Gasteiger partial charge in [-0.05, 0) is 18.2 Å². The quantitative estimate of drug-likeness (QED) is 0.463. The minimum atomic E-state index is -3.37. The first-order chi connectivity index (χ1) is 9.77. The summed E-state index contributed by atoms with van der Waals surface area (Å²) >= 11 is 0. The number of aliphatic imine (C=N–C) groups is 1. The molecule has 22 heavy (non-hydrogen) atoms. The number of nitrogens with zero attached hydrogens (tertiary/aromatic N) is 2. The van der Waals surface area contributed by atoms with Crippen LogP contribution in [0, 0.1) is 0 Å². The first-order valence-corrected chi connectivity index (χ1v) is 8.37. The summed E-state index contributed by atoms with van der Waals surface area (Å²) in [5.74, 6) is -0.633. The standard InChI is InChI=1S/C13H20N4O3S.ClH/c1-4-17(5-2)16-13(14)15-12(18)10-7-6-8-11(9-10)21(3,19)20;/h6-9H,4-5H2,1-3H3,(H3,14,15,16,18);1H. The lowest BCUT2D eigenvalue weighted by molar-refractivity contribution is 0.100. The van der Waals surface area contributed by atoms with Crippen LogP contribution in [0.25, 0.3) is 0 Å². The number of carbonyl (C=O) groups excluding carboxylic acids is 1. The Balaban J connectivity index is 0.00000441. The molecule has 0 bridgehead atoms. The van der Waals surface area contributed by atoms with Crippen molar-refractivity contribution in [1.82, 2.24) is 10.4 Å². The molecule has 0 heterocycles. The molecular weight excluding hydrogens is 328 g/mol. The Morgan fingerprint density at radius 3 is 2.41 bits per heavy atom. The zero-order valence-corrected chi connectivity index (χ0v) is 14.4. The molecule has 124 valence electrons. The Bertz CT molecular complexity index is 642. The summed E-state index contributed by atoms with van der Waals surface area (Å²) in [5.41, 5.74) is 8.60. The van der Waals surface area contributed by atoms with E-state index in [1.54, 1.807) is 5.01 Å². The molecule has 3 N–H and O–H groups in total. The average Bonchev–Trinajstić information content (AvgIpc) is 2.43. The molecule has 0 aromatic heterocycles. The third-order valence-electron chi connectivity index (χ3n) is 2.77. The number of carbonyl (C=O) groups is 1. The van der Waals surface area contributed by atoms with Gasteiger partial charge in [-0.15, -0.1) is 12.4 Å². The summed E-state index contributed by atoms with van der Waals surface area (Å²) in [4.78, 5) is 15.8. The maximum atomic E-state index is 12.0. The Kier molecular flexibility index (Phi) is 8.07. The number of nitrogens with one attached hydrogen (secondary N) is 1. The summed E-state index contributed by atoms with van der Waals surface area (Å²) in [7, 11) is -3.37. The van der Waals surface area contributed by atoms with Crippen LogP contribution < -0.4 is 11.2 Å². The first-order valence-electron chi connectivity index (χ1n) is 6.48. The molecule has 1 amide bonds. The normalized spacial score (nSPS) is 11.9. The van der Waals surface area contributed by atoms with E-state index in [0.717, 1.165) is 6.26 Å². The Morgan fingerprint density at radius 1 is 1.32 bits per heavy atom. The monoisotopic (exact) mass is 348 g/mol. The van der Waals surface area contributed by atoms with E-state index in [9.17, 15) is 13.2 Å². The molecular formula is C13H21ClN4O3S. The molecule has 0 aliphatic heterocycles. The Labute approximate surface area is 136 Å². The molecule has 0 saturated carbocycles. The van der Waals surface area contributed by atoms with Crippen LogP contribution in [-0.4, -0.2) is 44.6 Å². The first kappa shape index (κ1) is 20.4. The number of amides is 1. The average molecular weight is 349 g/mol. The van der Waals surface area contributed by atoms with E-state index in [1.807, 2.05) is 13.8 Å². The van der Waals surface area contributed by atoms with E-state index in [2.05, 4.69) is 10.4 Å². The van der Waals surface area contributed by atoms with Crippen LogP contribution in [0.1, 0.15) is 24.2 Å². The molecule has 0 spiro atoms. The van der Waals surface area contributed by atoms with Crippen LogP contribution in [0.3, 0.4) is 0 Å². The van der Waals surface area contributed by atoms with Gasteiger partial charge in [0.25, 0.3) is 5.91 Å². The smallest absolute Gasteiger partial charge is 0.280 e. The van der Waals surface area contributed by atoms with Crippen LogP contribution in [-0.2, 0) is 9.84 Å². The van der Waals surface area contributed by atoms with Gasteiger partial charge in [-0.3, -0.25) is 10.2 Å². The number of rotatable bonds is 5. The molecule has 1 rings (SSSR count). The fraction of sp³-hybridized carbons (Fsp3) is 0.385. The van der Waals surface area contributed by atoms with Crippen LogP contribution in [0.15, 0.2) is 34.2 Å². The second-order valence-corrected chi connectivity index (χ2v) is 6.40. The lowest BCUT2D eigenvalue weighted by Crippen LogP contribution is -2.46. The van der Waals surface area contributed by atoms with Gasteiger partial charge in [0.2, 0.25) is 5.96 Å². The highest BCUT2D eigenvalue weighted by Gasteiger charge is 2.12. The molecule has 0 aliphatic rings. The minimum absolute atomic E-state index is 0. The topological polar surface area (TPSA) is 105 Å². The predicted molar refractivity (Wildman–Crippen MR) is 88.8 cm³/mol. The molecule has 0 radical (unpaired) electrons. The van der Waals surface area contributed by atoms with Gasteiger partial charge in [0.15, 0.2) is 9.84 Å². The van der Waals surface area contributed by atoms with Crippen molar-refractivity contribution in [3.63, 3.8) is 0 Å². The molecule has 0 unspecified atom stereocenters. The van der Waals surface area contributed by atoms with Crippen molar-refractivity contribution < 1.29 is 13.2 Å². The Hall–Kier alpha value is -1.64. The largest absolute Gasteiger partial charge is 0.368 e. The molecule has 7 nitrogen and oxygen atoms in total. The maximum absolute atomic E-state index is 12.0. The second kappa shape index (κ2) is 8.72. The van der Waals surface area contributed by atoms with Crippen LogP contribution in [0.5, 0.6) is 0 Å². The van der Waals surface area contributed by atoms with Gasteiger partial charge < -0.3 is 5.73 Å². The highest BCUT2D eigenvalue weighted by molar-refractivity contribution is 7.90. The molecule has 0 atom stereocenters. The van der Waals surface area contributed by atoms with Gasteiger partial charge >= 0.3 is 0 Å². The Morgan fingerprint density at radius 2 is 1.91 bits per heavy atom. The number of guanidine groups is 1. The molecule has 0 aliphatic carbocycles. The minimum Gasteiger partial charge on any atom is -0.368 e. The SMILES string of the molecule is CCN(CC)NC(N)=NC(=O)c1cccc(S(C)(=O)=O)c1.Cl. The highest BCUT2D eigenvalue weighted by Crippen LogP contribution is 2.12. The van der Waals surface area contributed by atoms with Crippen molar-refractivity contribution in [3.05, 3.63) is 29.8 Å². The molecule has 1 aromatic rings. The molecule has 0 saturated heterocycles. The molecule has 0 fully saturated rings. The van der Waals surface area contributed by atoms with Crippen molar-refractivity contribution in [1.29, 1.82) is 0 Å². The fourth-order valence-electron chi connectivity index (χ4n) is 1.60. The maximum Gasteiger partial charge on any atom is 0.280 e. The number of hydrogen-bond donors (Lipinski definition) is 2. The zero-order chi connectivity index (χ0) is 16.0. The summed E-state index contributed by atoms with van der Waals surface area (Å²) in [6.45, 7) is 5.26. The number of benzene rings is 1. The van der Waals surface area contributed by atoms with Crippen molar-refractivity contribution in [2.45, 2.75) is 18.7 Å². The zero-order valence-electron chi connectivity index (χ0n) is 12.7. The highest BCUT2D eigenvalue weighted by atomic mass is 35.5. The van der Waals surface area contributed by atoms with Crippen molar-refractivity contribution >= 4 is 34.1 Å².